The third-order valence-corrected chi connectivity index (χ3v) is 3.34. The number of carbonyl (C=O) groups is 1. The van der Waals surface area contributed by atoms with Gasteiger partial charge in [0.15, 0.2) is 0 Å². The standard InChI is InChI=1S/C13H17FN2O2/c1-8-4-10(15)5-11(12(8)14)13(18)16-3-2-9(6-16)7-17/h4-5,9,17H,2-3,6-7,15H2,1H3. The van der Waals surface area contributed by atoms with Crippen molar-refractivity contribution in [1.82, 2.24) is 4.90 Å². The highest BCUT2D eigenvalue weighted by molar-refractivity contribution is 5.95. The summed E-state index contributed by atoms with van der Waals surface area (Å²) in [5, 5.41) is 9.05. The normalized spacial score (nSPS) is 19.3. The Morgan fingerprint density at radius 1 is 1.61 bits per heavy atom. The first-order chi connectivity index (χ1) is 8.52. The molecule has 1 heterocycles. The second-order valence-corrected chi connectivity index (χ2v) is 4.79. The summed E-state index contributed by atoms with van der Waals surface area (Å²) >= 11 is 0. The van der Waals surface area contributed by atoms with Crippen LogP contribution in [0.5, 0.6) is 0 Å². The third kappa shape index (κ3) is 2.31. The molecule has 0 saturated carbocycles. The van der Waals surface area contributed by atoms with Crippen LogP contribution in [0, 0.1) is 18.7 Å². The molecule has 3 N–H and O–H groups in total. The summed E-state index contributed by atoms with van der Waals surface area (Å²) in [6.45, 7) is 2.67. The minimum absolute atomic E-state index is 0.0195. The van der Waals surface area contributed by atoms with Crippen LogP contribution < -0.4 is 5.73 Å². The number of nitrogens with zero attached hydrogens (tertiary/aromatic N) is 1. The molecule has 0 aliphatic carbocycles. The van der Waals surface area contributed by atoms with Gasteiger partial charge in [0.05, 0.1) is 5.56 Å². The highest BCUT2D eigenvalue weighted by Gasteiger charge is 2.28. The van der Waals surface area contributed by atoms with E-state index in [0.717, 1.165) is 6.42 Å². The Bertz CT molecular complexity index is 476. The number of anilines is 1. The molecule has 1 atom stereocenters. The summed E-state index contributed by atoms with van der Waals surface area (Å²) in [7, 11) is 0. The lowest BCUT2D eigenvalue weighted by molar-refractivity contribution is 0.0777. The first kappa shape index (κ1) is 12.8. The maximum atomic E-state index is 13.9. The number of aliphatic hydroxyl groups excluding tert-OH is 1. The van der Waals surface area contributed by atoms with Crippen LogP contribution in [-0.2, 0) is 0 Å². The van der Waals surface area contributed by atoms with E-state index in [2.05, 4.69) is 0 Å². The summed E-state index contributed by atoms with van der Waals surface area (Å²) in [5.41, 5.74) is 6.42. The molecule has 0 aromatic heterocycles. The van der Waals surface area contributed by atoms with Gasteiger partial charge in [-0.15, -0.1) is 0 Å². The predicted octanol–water partition coefficient (Wildman–Crippen LogP) is 1.17. The molecule has 18 heavy (non-hydrogen) atoms. The molecule has 1 aromatic rings. The number of halogens is 1. The quantitative estimate of drug-likeness (QED) is 0.776. The zero-order chi connectivity index (χ0) is 13.3. The van der Waals surface area contributed by atoms with E-state index in [1.807, 2.05) is 0 Å². The number of amides is 1. The van der Waals surface area contributed by atoms with E-state index in [-0.39, 0.29) is 24.0 Å². The van der Waals surface area contributed by atoms with Crippen molar-refractivity contribution in [2.24, 2.45) is 5.92 Å². The molecule has 0 radical (unpaired) electrons. The molecule has 1 aromatic carbocycles. The Balaban J connectivity index is 2.24. The number of nitrogen functional groups attached to an aromatic ring is 1. The maximum absolute atomic E-state index is 13.9. The van der Waals surface area contributed by atoms with Gasteiger partial charge in [0.25, 0.3) is 5.91 Å². The van der Waals surface area contributed by atoms with Gasteiger partial charge in [-0.05, 0) is 31.0 Å². The van der Waals surface area contributed by atoms with Gasteiger partial charge in [-0.25, -0.2) is 4.39 Å². The van der Waals surface area contributed by atoms with Crippen molar-refractivity contribution >= 4 is 11.6 Å². The number of benzene rings is 1. The van der Waals surface area contributed by atoms with E-state index >= 15 is 0 Å². The largest absolute Gasteiger partial charge is 0.399 e. The lowest BCUT2D eigenvalue weighted by Crippen LogP contribution is -2.30. The number of aliphatic hydroxyl groups is 1. The molecule has 1 fully saturated rings. The highest BCUT2D eigenvalue weighted by Crippen LogP contribution is 2.22. The average Bonchev–Trinajstić information content (AvgIpc) is 2.81. The van der Waals surface area contributed by atoms with Crippen molar-refractivity contribution in [3.8, 4) is 0 Å². The molecule has 1 amide bonds. The lowest BCUT2D eigenvalue weighted by atomic mass is 10.1. The number of nitrogens with two attached hydrogens (primary N) is 1. The average molecular weight is 252 g/mol. The minimum atomic E-state index is -0.512. The van der Waals surface area contributed by atoms with Crippen LogP contribution in [0.15, 0.2) is 12.1 Å². The summed E-state index contributed by atoms with van der Waals surface area (Å²) in [6.07, 6.45) is 0.755. The Labute approximate surface area is 105 Å². The summed E-state index contributed by atoms with van der Waals surface area (Å²) in [4.78, 5) is 13.8. The molecule has 4 nitrogen and oxygen atoms in total. The van der Waals surface area contributed by atoms with E-state index in [1.165, 1.54) is 12.1 Å². The van der Waals surface area contributed by atoms with Crippen molar-refractivity contribution in [1.29, 1.82) is 0 Å². The first-order valence-electron chi connectivity index (χ1n) is 5.98. The van der Waals surface area contributed by atoms with Crippen molar-refractivity contribution in [2.45, 2.75) is 13.3 Å². The lowest BCUT2D eigenvalue weighted by Gasteiger charge is -2.17. The molecular weight excluding hydrogens is 235 g/mol. The minimum Gasteiger partial charge on any atom is -0.399 e. The third-order valence-electron chi connectivity index (χ3n) is 3.34. The van der Waals surface area contributed by atoms with Crippen LogP contribution in [0.25, 0.3) is 0 Å². The number of likely N-dealkylation sites (tertiary alicyclic amines) is 1. The van der Waals surface area contributed by atoms with Crippen LogP contribution in [-0.4, -0.2) is 35.6 Å². The Morgan fingerprint density at radius 2 is 2.33 bits per heavy atom. The van der Waals surface area contributed by atoms with Gasteiger partial charge in [0.2, 0.25) is 0 Å². The van der Waals surface area contributed by atoms with Crippen LogP contribution in [0.1, 0.15) is 22.3 Å². The molecule has 1 unspecified atom stereocenters. The highest BCUT2D eigenvalue weighted by atomic mass is 19.1. The fourth-order valence-corrected chi connectivity index (χ4v) is 2.29. The van der Waals surface area contributed by atoms with E-state index in [1.54, 1.807) is 11.8 Å². The van der Waals surface area contributed by atoms with Gasteiger partial charge in [0, 0.05) is 31.3 Å². The second kappa shape index (κ2) is 4.94. The monoisotopic (exact) mass is 252 g/mol. The molecule has 5 heteroatoms. The van der Waals surface area contributed by atoms with Gasteiger partial charge in [-0.2, -0.15) is 0 Å². The number of carbonyl (C=O) groups excluding carboxylic acids is 1. The Kier molecular flexibility index (Phi) is 3.52. The molecule has 1 aliphatic rings. The van der Waals surface area contributed by atoms with Crippen LogP contribution in [0.3, 0.4) is 0 Å². The van der Waals surface area contributed by atoms with Gasteiger partial charge >= 0.3 is 0 Å². The van der Waals surface area contributed by atoms with Gasteiger partial charge in [0.1, 0.15) is 5.82 Å². The van der Waals surface area contributed by atoms with Gasteiger partial charge in [-0.3, -0.25) is 4.79 Å². The number of hydrogen-bond donors (Lipinski definition) is 2. The van der Waals surface area contributed by atoms with E-state index in [9.17, 15) is 9.18 Å². The Hall–Kier alpha value is -1.62. The van der Waals surface area contributed by atoms with Crippen molar-refractivity contribution < 1.29 is 14.3 Å². The van der Waals surface area contributed by atoms with E-state index in [0.29, 0.717) is 24.3 Å². The molecule has 98 valence electrons. The zero-order valence-electron chi connectivity index (χ0n) is 10.3. The van der Waals surface area contributed by atoms with Gasteiger partial charge < -0.3 is 15.7 Å². The van der Waals surface area contributed by atoms with Crippen LogP contribution >= 0.6 is 0 Å². The van der Waals surface area contributed by atoms with Crippen molar-refractivity contribution in [2.75, 3.05) is 25.4 Å². The predicted molar refractivity (Wildman–Crippen MR) is 66.6 cm³/mol. The number of rotatable bonds is 2. The topological polar surface area (TPSA) is 66.6 Å². The number of hydrogen-bond acceptors (Lipinski definition) is 3. The zero-order valence-corrected chi connectivity index (χ0v) is 10.3. The molecule has 0 bridgehead atoms. The maximum Gasteiger partial charge on any atom is 0.256 e. The summed E-state index contributed by atoms with van der Waals surface area (Å²) in [5.74, 6) is -0.764. The van der Waals surface area contributed by atoms with E-state index in [4.69, 9.17) is 10.8 Å². The van der Waals surface area contributed by atoms with Crippen molar-refractivity contribution in [3.63, 3.8) is 0 Å². The summed E-state index contributed by atoms with van der Waals surface area (Å²) < 4.78 is 13.9. The first-order valence-corrected chi connectivity index (χ1v) is 5.98. The Morgan fingerprint density at radius 3 is 2.94 bits per heavy atom. The summed E-state index contributed by atoms with van der Waals surface area (Å²) in [6, 6.07) is 2.88. The molecular formula is C13H17FN2O2. The smallest absolute Gasteiger partial charge is 0.256 e. The van der Waals surface area contributed by atoms with E-state index < -0.39 is 5.82 Å². The van der Waals surface area contributed by atoms with Crippen LogP contribution in [0.2, 0.25) is 0 Å². The van der Waals surface area contributed by atoms with Gasteiger partial charge in [-0.1, -0.05) is 0 Å². The fraction of sp³-hybridized carbons (Fsp3) is 0.462. The molecule has 2 rings (SSSR count). The molecule has 0 spiro atoms. The molecule has 1 saturated heterocycles. The second-order valence-electron chi connectivity index (χ2n) is 4.79. The number of aryl methyl sites for hydroxylation is 1. The SMILES string of the molecule is Cc1cc(N)cc(C(=O)N2CCC(CO)C2)c1F. The molecule has 1 aliphatic heterocycles. The fourth-order valence-electron chi connectivity index (χ4n) is 2.29. The van der Waals surface area contributed by atoms with Crippen LogP contribution in [0.4, 0.5) is 10.1 Å². The van der Waals surface area contributed by atoms with Crippen molar-refractivity contribution in [3.05, 3.63) is 29.1 Å².